The van der Waals surface area contributed by atoms with E-state index in [4.69, 9.17) is 9.47 Å². The van der Waals surface area contributed by atoms with Crippen molar-refractivity contribution in [2.75, 3.05) is 46.6 Å². The highest BCUT2D eigenvalue weighted by atomic mass is 19.1. The van der Waals surface area contributed by atoms with Gasteiger partial charge in [0.25, 0.3) is 0 Å². The zero-order valence-corrected chi connectivity index (χ0v) is 15.5. The molecule has 2 N–H and O–H groups in total. The maximum atomic E-state index is 13.8. The third-order valence-electron chi connectivity index (χ3n) is 4.83. The molecule has 0 saturated carbocycles. The van der Waals surface area contributed by atoms with Crippen LogP contribution in [0.3, 0.4) is 0 Å². The number of piperidine rings is 1. The molecule has 0 spiro atoms. The molecule has 0 atom stereocenters. The Balaban J connectivity index is 1.43. The number of aliphatic imine (C=N–C) groups is 1. The van der Waals surface area contributed by atoms with E-state index < -0.39 is 0 Å². The van der Waals surface area contributed by atoms with Crippen LogP contribution >= 0.6 is 0 Å². The Labute approximate surface area is 154 Å². The largest absolute Gasteiger partial charge is 0.467 e. The molecule has 0 amide bonds. The summed E-state index contributed by atoms with van der Waals surface area (Å²) < 4.78 is 24.6. The molecule has 6 nitrogen and oxygen atoms in total. The number of benzene rings is 1. The number of nitrogens with one attached hydrogen (secondary N) is 2. The van der Waals surface area contributed by atoms with Crippen LogP contribution in [0.2, 0.25) is 0 Å². The standard InChI is InChI=1S/C19H29FN4O2/c1-21-19(23-7-10-24-8-3-2-4-9-24)22-6-5-15-11-17(20)12-16-13-25-14-26-18(15)16/h11-12H,2-10,13-14H2,1H3,(H2,21,22,23). The quantitative estimate of drug-likeness (QED) is 0.596. The molecule has 26 heavy (non-hydrogen) atoms. The van der Waals surface area contributed by atoms with Crippen LogP contribution in [0.15, 0.2) is 17.1 Å². The van der Waals surface area contributed by atoms with Gasteiger partial charge in [0.05, 0.1) is 6.61 Å². The van der Waals surface area contributed by atoms with Crippen molar-refractivity contribution in [3.05, 3.63) is 29.1 Å². The molecular formula is C19H29FN4O2. The number of guanidine groups is 1. The number of fused-ring (bicyclic) bond motifs is 1. The Morgan fingerprint density at radius 3 is 2.81 bits per heavy atom. The molecule has 1 fully saturated rings. The molecule has 0 aliphatic carbocycles. The van der Waals surface area contributed by atoms with Crippen LogP contribution in [0.4, 0.5) is 4.39 Å². The second-order valence-corrected chi connectivity index (χ2v) is 6.74. The Morgan fingerprint density at radius 1 is 1.19 bits per heavy atom. The molecule has 2 aliphatic heterocycles. The van der Waals surface area contributed by atoms with E-state index >= 15 is 0 Å². The van der Waals surface area contributed by atoms with Crippen molar-refractivity contribution in [3.63, 3.8) is 0 Å². The van der Waals surface area contributed by atoms with E-state index in [9.17, 15) is 4.39 Å². The fourth-order valence-corrected chi connectivity index (χ4v) is 3.49. The van der Waals surface area contributed by atoms with Gasteiger partial charge < -0.3 is 25.0 Å². The van der Waals surface area contributed by atoms with E-state index in [0.29, 0.717) is 19.6 Å². The summed E-state index contributed by atoms with van der Waals surface area (Å²) in [4.78, 5) is 6.75. The van der Waals surface area contributed by atoms with Gasteiger partial charge in [-0.1, -0.05) is 6.42 Å². The molecule has 1 aromatic carbocycles. The van der Waals surface area contributed by atoms with E-state index in [2.05, 4.69) is 20.5 Å². The van der Waals surface area contributed by atoms with Crippen LogP contribution in [0.5, 0.6) is 5.75 Å². The first-order valence-electron chi connectivity index (χ1n) is 9.45. The number of nitrogens with zero attached hydrogens (tertiary/aromatic N) is 2. The van der Waals surface area contributed by atoms with Gasteiger partial charge in [0, 0.05) is 32.2 Å². The van der Waals surface area contributed by atoms with E-state index in [-0.39, 0.29) is 12.6 Å². The van der Waals surface area contributed by atoms with Gasteiger partial charge in [-0.2, -0.15) is 0 Å². The van der Waals surface area contributed by atoms with Crippen molar-refractivity contribution in [3.8, 4) is 5.75 Å². The first-order valence-corrected chi connectivity index (χ1v) is 9.45. The van der Waals surface area contributed by atoms with Crippen molar-refractivity contribution < 1.29 is 13.9 Å². The molecule has 1 aromatic rings. The molecule has 2 heterocycles. The van der Waals surface area contributed by atoms with Crippen molar-refractivity contribution >= 4 is 5.96 Å². The minimum atomic E-state index is -0.253. The Morgan fingerprint density at radius 2 is 2.00 bits per heavy atom. The first kappa shape index (κ1) is 18.9. The summed E-state index contributed by atoms with van der Waals surface area (Å²) in [7, 11) is 1.76. The van der Waals surface area contributed by atoms with Crippen LogP contribution in [0, 0.1) is 5.82 Å². The number of hydrogen-bond donors (Lipinski definition) is 2. The topological polar surface area (TPSA) is 58.1 Å². The predicted octanol–water partition coefficient (Wildman–Crippen LogP) is 1.89. The second-order valence-electron chi connectivity index (χ2n) is 6.74. The van der Waals surface area contributed by atoms with Crippen LogP contribution in [0.1, 0.15) is 30.4 Å². The molecule has 0 bridgehead atoms. The van der Waals surface area contributed by atoms with Gasteiger partial charge in [0.2, 0.25) is 0 Å². The molecular weight excluding hydrogens is 335 g/mol. The fourth-order valence-electron chi connectivity index (χ4n) is 3.49. The lowest BCUT2D eigenvalue weighted by atomic mass is 10.1. The van der Waals surface area contributed by atoms with Gasteiger partial charge in [0.15, 0.2) is 12.8 Å². The summed E-state index contributed by atoms with van der Waals surface area (Å²) in [6.45, 7) is 5.57. The van der Waals surface area contributed by atoms with E-state index in [0.717, 1.165) is 35.9 Å². The Kier molecular flexibility index (Phi) is 7.08. The van der Waals surface area contributed by atoms with E-state index in [1.807, 2.05) is 0 Å². The highest BCUT2D eigenvalue weighted by Crippen LogP contribution is 2.29. The molecule has 7 heteroatoms. The average molecular weight is 364 g/mol. The highest BCUT2D eigenvalue weighted by molar-refractivity contribution is 5.79. The lowest BCUT2D eigenvalue weighted by Crippen LogP contribution is -2.43. The minimum absolute atomic E-state index is 0.221. The maximum Gasteiger partial charge on any atom is 0.191 e. The SMILES string of the molecule is CN=C(NCCc1cc(F)cc2c1OCOC2)NCCN1CCCCC1. The zero-order chi connectivity index (χ0) is 18.2. The predicted molar refractivity (Wildman–Crippen MR) is 100 cm³/mol. The number of halogens is 1. The van der Waals surface area contributed by atoms with Crippen LogP contribution in [0.25, 0.3) is 0 Å². The van der Waals surface area contributed by atoms with E-state index in [1.54, 1.807) is 13.1 Å². The van der Waals surface area contributed by atoms with Crippen molar-refractivity contribution in [1.82, 2.24) is 15.5 Å². The molecule has 2 aliphatic rings. The zero-order valence-electron chi connectivity index (χ0n) is 15.5. The van der Waals surface area contributed by atoms with Gasteiger partial charge >= 0.3 is 0 Å². The minimum Gasteiger partial charge on any atom is -0.467 e. The second kappa shape index (κ2) is 9.73. The summed E-state index contributed by atoms with van der Waals surface area (Å²) in [6, 6.07) is 3.02. The maximum absolute atomic E-state index is 13.8. The molecule has 3 rings (SSSR count). The molecule has 0 radical (unpaired) electrons. The van der Waals surface area contributed by atoms with Gasteiger partial charge in [-0.15, -0.1) is 0 Å². The average Bonchev–Trinajstić information content (AvgIpc) is 2.67. The highest BCUT2D eigenvalue weighted by Gasteiger charge is 2.17. The monoisotopic (exact) mass is 364 g/mol. The smallest absolute Gasteiger partial charge is 0.191 e. The third kappa shape index (κ3) is 5.32. The Bertz CT molecular complexity index is 618. The van der Waals surface area contributed by atoms with Crippen molar-refractivity contribution in [2.24, 2.45) is 4.99 Å². The summed E-state index contributed by atoms with van der Waals surface area (Å²) >= 11 is 0. The molecule has 0 unspecified atom stereocenters. The number of rotatable bonds is 6. The van der Waals surface area contributed by atoms with Crippen LogP contribution in [-0.4, -0.2) is 57.4 Å². The molecule has 0 aromatic heterocycles. The van der Waals surface area contributed by atoms with E-state index in [1.165, 1.54) is 38.4 Å². The number of likely N-dealkylation sites (tertiary alicyclic amines) is 1. The number of hydrogen-bond acceptors (Lipinski definition) is 4. The molecule has 1 saturated heterocycles. The fraction of sp³-hybridized carbons (Fsp3) is 0.632. The van der Waals surface area contributed by atoms with Crippen molar-refractivity contribution in [2.45, 2.75) is 32.3 Å². The summed E-state index contributed by atoms with van der Waals surface area (Å²) in [5, 5.41) is 6.64. The van der Waals surface area contributed by atoms with Gasteiger partial charge in [-0.3, -0.25) is 4.99 Å². The van der Waals surface area contributed by atoms with Gasteiger partial charge in [-0.25, -0.2) is 4.39 Å². The van der Waals surface area contributed by atoms with Gasteiger partial charge in [-0.05, 0) is 50.0 Å². The van der Waals surface area contributed by atoms with Crippen LogP contribution < -0.4 is 15.4 Å². The normalized spacial score (nSPS) is 18.2. The summed E-state index contributed by atoms with van der Waals surface area (Å²) in [5.74, 6) is 1.28. The third-order valence-corrected chi connectivity index (χ3v) is 4.83. The summed E-state index contributed by atoms with van der Waals surface area (Å²) in [5.41, 5.74) is 1.63. The Hall–Kier alpha value is -1.86. The van der Waals surface area contributed by atoms with Crippen molar-refractivity contribution in [1.29, 1.82) is 0 Å². The first-order chi connectivity index (χ1) is 12.8. The van der Waals surface area contributed by atoms with Crippen LogP contribution in [-0.2, 0) is 17.8 Å². The van der Waals surface area contributed by atoms with Gasteiger partial charge in [0.1, 0.15) is 11.6 Å². The summed E-state index contributed by atoms with van der Waals surface area (Å²) in [6.07, 6.45) is 4.62. The lowest BCUT2D eigenvalue weighted by molar-refractivity contribution is -0.0172. The molecule has 144 valence electrons. The number of ether oxygens (including phenoxy) is 2. The lowest BCUT2D eigenvalue weighted by Gasteiger charge is -2.26.